The van der Waals surface area contributed by atoms with Gasteiger partial charge in [-0.25, -0.2) is 9.97 Å². The molecule has 0 aliphatic heterocycles. The number of aromatic nitrogens is 2. The molecule has 0 unspecified atom stereocenters. The van der Waals surface area contributed by atoms with Crippen molar-refractivity contribution in [2.75, 3.05) is 11.9 Å². The van der Waals surface area contributed by atoms with E-state index < -0.39 is 0 Å². The van der Waals surface area contributed by atoms with E-state index in [1.54, 1.807) is 12.3 Å². The van der Waals surface area contributed by atoms with E-state index in [-0.39, 0.29) is 5.91 Å². The second-order valence-corrected chi connectivity index (χ2v) is 6.67. The second kappa shape index (κ2) is 9.14. The second-order valence-electron chi connectivity index (χ2n) is 6.24. The molecule has 0 aliphatic carbocycles. The van der Waals surface area contributed by atoms with E-state index in [0.29, 0.717) is 24.7 Å². The third kappa shape index (κ3) is 5.79. The van der Waals surface area contributed by atoms with Crippen LogP contribution in [0.5, 0.6) is 0 Å². The summed E-state index contributed by atoms with van der Waals surface area (Å²) >= 11 is 5.89. The lowest BCUT2D eigenvalue weighted by Gasteiger charge is -2.08. The molecule has 1 aromatic heterocycles. The van der Waals surface area contributed by atoms with Crippen LogP contribution in [0.2, 0.25) is 5.02 Å². The Morgan fingerprint density at radius 1 is 1.00 bits per heavy atom. The van der Waals surface area contributed by atoms with Gasteiger partial charge < -0.3 is 10.6 Å². The van der Waals surface area contributed by atoms with Gasteiger partial charge in [0.1, 0.15) is 5.69 Å². The number of aryl methyl sites for hydroxylation is 1. The molecule has 138 valence electrons. The minimum absolute atomic E-state index is 0.223. The van der Waals surface area contributed by atoms with Crippen LogP contribution in [0.15, 0.2) is 60.8 Å². The average molecular weight is 381 g/mol. The molecule has 2 N–H and O–H groups in total. The van der Waals surface area contributed by atoms with Crippen molar-refractivity contribution in [3.63, 3.8) is 0 Å². The summed E-state index contributed by atoms with van der Waals surface area (Å²) < 4.78 is 0. The van der Waals surface area contributed by atoms with Gasteiger partial charge in [0, 0.05) is 24.3 Å². The summed E-state index contributed by atoms with van der Waals surface area (Å²) in [5.74, 6) is 0.214. The Balaban J connectivity index is 1.52. The quantitative estimate of drug-likeness (QED) is 0.649. The topological polar surface area (TPSA) is 66.9 Å². The Morgan fingerprint density at radius 3 is 2.44 bits per heavy atom. The molecule has 0 aliphatic rings. The number of hydrogen-bond acceptors (Lipinski definition) is 4. The monoisotopic (exact) mass is 380 g/mol. The van der Waals surface area contributed by atoms with Gasteiger partial charge in [-0.1, -0.05) is 53.6 Å². The molecule has 0 atom stereocenters. The molecule has 0 bridgehead atoms. The molecule has 0 saturated carbocycles. The SMILES string of the molecule is Cc1ccc(CNC(=O)c2ccnc(NCCc3ccc(Cl)cc3)n2)cc1. The maximum atomic E-state index is 12.3. The standard InChI is InChI=1S/C21H21ClN4O/c1-15-2-4-17(5-3-15)14-25-20(27)19-11-13-24-21(26-19)23-12-10-16-6-8-18(22)9-7-16/h2-9,11,13H,10,12,14H2,1H3,(H,25,27)(H,23,24,26). The van der Waals surface area contributed by atoms with Crippen molar-refractivity contribution in [2.24, 2.45) is 0 Å². The molecule has 0 radical (unpaired) electrons. The Labute approximate surface area is 163 Å². The van der Waals surface area contributed by atoms with Crippen LogP contribution in [0.25, 0.3) is 0 Å². The molecule has 3 aromatic rings. The highest BCUT2D eigenvalue weighted by Gasteiger charge is 2.08. The number of halogens is 1. The smallest absolute Gasteiger partial charge is 0.270 e. The van der Waals surface area contributed by atoms with Crippen LogP contribution in [0.3, 0.4) is 0 Å². The third-order valence-corrected chi connectivity index (χ3v) is 4.32. The van der Waals surface area contributed by atoms with Gasteiger partial charge in [-0.15, -0.1) is 0 Å². The zero-order valence-electron chi connectivity index (χ0n) is 15.1. The molecule has 27 heavy (non-hydrogen) atoms. The molecule has 0 spiro atoms. The summed E-state index contributed by atoms with van der Waals surface area (Å²) in [5.41, 5.74) is 3.74. The Hall–Kier alpha value is -2.92. The van der Waals surface area contributed by atoms with E-state index in [2.05, 4.69) is 20.6 Å². The van der Waals surface area contributed by atoms with Crippen LogP contribution in [0.4, 0.5) is 5.95 Å². The van der Waals surface area contributed by atoms with E-state index in [1.165, 1.54) is 11.1 Å². The number of hydrogen-bond donors (Lipinski definition) is 2. The van der Waals surface area contributed by atoms with Crippen LogP contribution in [0.1, 0.15) is 27.2 Å². The highest BCUT2D eigenvalue weighted by Crippen LogP contribution is 2.10. The summed E-state index contributed by atoms with van der Waals surface area (Å²) in [4.78, 5) is 20.8. The van der Waals surface area contributed by atoms with Crippen molar-refractivity contribution < 1.29 is 4.79 Å². The van der Waals surface area contributed by atoms with E-state index in [4.69, 9.17) is 11.6 Å². The molecular formula is C21H21ClN4O. The third-order valence-electron chi connectivity index (χ3n) is 4.07. The van der Waals surface area contributed by atoms with Crippen LogP contribution < -0.4 is 10.6 Å². The lowest BCUT2D eigenvalue weighted by Crippen LogP contribution is -2.24. The van der Waals surface area contributed by atoms with Crippen LogP contribution in [-0.4, -0.2) is 22.4 Å². The van der Waals surface area contributed by atoms with Crippen molar-refractivity contribution in [3.8, 4) is 0 Å². The molecule has 0 fully saturated rings. The first-order chi connectivity index (χ1) is 13.1. The van der Waals surface area contributed by atoms with Crippen LogP contribution in [0, 0.1) is 6.92 Å². The summed E-state index contributed by atoms with van der Waals surface area (Å²) in [6.45, 7) is 3.16. The first kappa shape index (κ1) is 18.9. The van der Waals surface area contributed by atoms with Crippen molar-refractivity contribution in [3.05, 3.63) is 88.2 Å². The van der Waals surface area contributed by atoms with Crippen molar-refractivity contribution >= 4 is 23.5 Å². The number of carbonyl (C=O) groups excluding carboxylic acids is 1. The predicted octanol–water partition coefficient (Wildman–Crippen LogP) is 4.02. The number of rotatable bonds is 7. The van der Waals surface area contributed by atoms with E-state index in [0.717, 1.165) is 17.0 Å². The fourth-order valence-corrected chi connectivity index (χ4v) is 2.64. The number of anilines is 1. The number of carbonyl (C=O) groups is 1. The first-order valence-corrected chi connectivity index (χ1v) is 9.13. The van der Waals surface area contributed by atoms with E-state index in [1.807, 2.05) is 55.5 Å². The maximum Gasteiger partial charge on any atom is 0.270 e. The van der Waals surface area contributed by atoms with Gasteiger partial charge in [0.15, 0.2) is 0 Å². The number of nitrogens with zero attached hydrogens (tertiary/aromatic N) is 2. The lowest BCUT2D eigenvalue weighted by molar-refractivity contribution is 0.0946. The summed E-state index contributed by atoms with van der Waals surface area (Å²) in [6, 6.07) is 17.4. The summed E-state index contributed by atoms with van der Waals surface area (Å²) in [6.07, 6.45) is 2.39. The Morgan fingerprint density at radius 2 is 1.70 bits per heavy atom. The molecule has 0 saturated heterocycles. The first-order valence-electron chi connectivity index (χ1n) is 8.75. The van der Waals surface area contributed by atoms with Gasteiger partial charge in [0.25, 0.3) is 5.91 Å². The number of amides is 1. The van der Waals surface area contributed by atoms with Gasteiger partial charge in [-0.05, 0) is 42.7 Å². The van der Waals surface area contributed by atoms with Crippen molar-refractivity contribution in [2.45, 2.75) is 19.9 Å². The number of nitrogens with one attached hydrogen (secondary N) is 2. The largest absolute Gasteiger partial charge is 0.354 e. The highest BCUT2D eigenvalue weighted by molar-refractivity contribution is 6.30. The molecule has 2 aromatic carbocycles. The molecule has 3 rings (SSSR count). The van der Waals surface area contributed by atoms with E-state index in [9.17, 15) is 4.79 Å². The fraction of sp³-hybridized carbons (Fsp3) is 0.190. The minimum Gasteiger partial charge on any atom is -0.354 e. The fourth-order valence-electron chi connectivity index (χ4n) is 2.52. The number of benzene rings is 2. The highest BCUT2D eigenvalue weighted by atomic mass is 35.5. The zero-order chi connectivity index (χ0) is 19.1. The molecule has 1 amide bonds. The minimum atomic E-state index is -0.223. The average Bonchev–Trinajstić information content (AvgIpc) is 2.69. The van der Waals surface area contributed by atoms with Gasteiger partial charge in [0.2, 0.25) is 5.95 Å². The van der Waals surface area contributed by atoms with Crippen LogP contribution in [-0.2, 0) is 13.0 Å². The van der Waals surface area contributed by atoms with Gasteiger partial charge in [0.05, 0.1) is 0 Å². The van der Waals surface area contributed by atoms with Gasteiger partial charge >= 0.3 is 0 Å². The van der Waals surface area contributed by atoms with Gasteiger partial charge in [-0.2, -0.15) is 0 Å². The molecule has 6 heteroatoms. The molecular weight excluding hydrogens is 360 g/mol. The van der Waals surface area contributed by atoms with E-state index >= 15 is 0 Å². The predicted molar refractivity (Wildman–Crippen MR) is 108 cm³/mol. The van der Waals surface area contributed by atoms with Crippen LogP contribution >= 0.6 is 11.6 Å². The zero-order valence-corrected chi connectivity index (χ0v) is 15.8. The van der Waals surface area contributed by atoms with Crippen molar-refractivity contribution in [1.82, 2.24) is 15.3 Å². The lowest BCUT2D eigenvalue weighted by atomic mass is 10.1. The Bertz CT molecular complexity index is 895. The maximum absolute atomic E-state index is 12.3. The summed E-state index contributed by atoms with van der Waals surface area (Å²) in [7, 11) is 0. The normalized spacial score (nSPS) is 10.4. The summed E-state index contributed by atoms with van der Waals surface area (Å²) in [5, 5.41) is 6.75. The molecule has 5 nitrogen and oxygen atoms in total. The Kier molecular flexibility index (Phi) is 6.39. The molecule has 1 heterocycles. The van der Waals surface area contributed by atoms with Crippen molar-refractivity contribution in [1.29, 1.82) is 0 Å². The van der Waals surface area contributed by atoms with Gasteiger partial charge in [-0.3, -0.25) is 4.79 Å².